The van der Waals surface area contributed by atoms with Crippen LogP contribution >= 0.6 is 0 Å². The van der Waals surface area contributed by atoms with Crippen molar-refractivity contribution >= 4 is 43.2 Å². The fourth-order valence-electron chi connectivity index (χ4n) is 3.36. The SMILES string of the molecule is Nc1ccc(-n2c(=O)c(=O)[nH]c3c4cccc(S(N)(=O)=O)c4c([N+](=O)[O-])cc32)cc1. The van der Waals surface area contributed by atoms with Crippen LogP contribution in [0.25, 0.3) is 27.5 Å². The van der Waals surface area contributed by atoms with Gasteiger partial charge in [0.25, 0.3) is 5.69 Å². The minimum absolute atomic E-state index is 0.00939. The van der Waals surface area contributed by atoms with Crippen LogP contribution in [0.1, 0.15) is 0 Å². The van der Waals surface area contributed by atoms with E-state index in [1.54, 1.807) is 0 Å². The molecule has 0 radical (unpaired) electrons. The second-order valence-electron chi connectivity index (χ2n) is 6.46. The predicted molar refractivity (Wildman–Crippen MR) is 110 cm³/mol. The molecule has 12 heteroatoms. The third kappa shape index (κ3) is 2.91. The fourth-order valence-corrected chi connectivity index (χ4v) is 4.13. The molecule has 4 rings (SSSR count). The first-order valence-corrected chi connectivity index (χ1v) is 9.92. The van der Waals surface area contributed by atoms with Gasteiger partial charge in [0.2, 0.25) is 10.0 Å². The molecule has 0 fully saturated rings. The highest BCUT2D eigenvalue weighted by Crippen LogP contribution is 2.36. The molecule has 152 valence electrons. The Bertz CT molecular complexity index is 1590. The van der Waals surface area contributed by atoms with E-state index in [9.17, 15) is 28.1 Å². The standard InChI is InChI=1S/C18H13N5O6S/c19-9-4-6-10(7-5-9)22-13-8-12(23(26)27)15-11(16(13)21-17(24)18(22)25)2-1-3-14(15)30(20,28)29/h1-8H,19H2,(H,21,24)(H2,20,28,29). The van der Waals surface area contributed by atoms with Gasteiger partial charge in [-0.1, -0.05) is 12.1 Å². The molecule has 0 saturated heterocycles. The molecule has 11 nitrogen and oxygen atoms in total. The van der Waals surface area contributed by atoms with Crippen molar-refractivity contribution < 1.29 is 13.3 Å². The highest BCUT2D eigenvalue weighted by atomic mass is 32.2. The number of hydrogen-bond acceptors (Lipinski definition) is 7. The maximum absolute atomic E-state index is 12.6. The monoisotopic (exact) mass is 427 g/mol. The summed E-state index contributed by atoms with van der Waals surface area (Å²) in [6, 6.07) is 10.9. The fraction of sp³-hybridized carbons (Fsp3) is 0. The van der Waals surface area contributed by atoms with Gasteiger partial charge in [-0.05, 0) is 30.3 Å². The summed E-state index contributed by atoms with van der Waals surface area (Å²) in [7, 11) is -4.32. The zero-order valence-electron chi connectivity index (χ0n) is 15.0. The zero-order valence-corrected chi connectivity index (χ0v) is 15.8. The average molecular weight is 427 g/mol. The number of benzene rings is 3. The number of fused-ring (bicyclic) bond motifs is 3. The van der Waals surface area contributed by atoms with Crippen LogP contribution in [-0.2, 0) is 10.0 Å². The van der Waals surface area contributed by atoms with Gasteiger partial charge in [-0.25, -0.2) is 13.6 Å². The molecule has 0 aliphatic carbocycles. The number of rotatable bonds is 3. The molecule has 0 aliphatic heterocycles. The largest absolute Gasteiger partial charge is 0.399 e. The number of nitrogens with zero attached hydrogens (tertiary/aromatic N) is 2. The summed E-state index contributed by atoms with van der Waals surface area (Å²) in [4.78, 5) is 37.9. The Kier molecular flexibility index (Phi) is 4.18. The molecule has 5 N–H and O–H groups in total. The third-order valence-electron chi connectivity index (χ3n) is 4.61. The number of primary sulfonamides is 1. The Balaban J connectivity index is 2.32. The second-order valence-corrected chi connectivity index (χ2v) is 7.99. The molecule has 1 heterocycles. The lowest BCUT2D eigenvalue weighted by molar-refractivity contribution is -0.383. The number of aromatic nitrogens is 2. The van der Waals surface area contributed by atoms with Crippen molar-refractivity contribution in [2.75, 3.05) is 5.73 Å². The number of sulfonamides is 1. The molecule has 0 saturated carbocycles. The summed E-state index contributed by atoms with van der Waals surface area (Å²) in [5, 5.41) is 16.8. The number of nitro groups is 1. The van der Waals surface area contributed by atoms with Gasteiger partial charge in [0, 0.05) is 22.8 Å². The van der Waals surface area contributed by atoms with E-state index in [1.807, 2.05) is 0 Å². The number of anilines is 1. The van der Waals surface area contributed by atoms with Gasteiger partial charge >= 0.3 is 11.1 Å². The number of H-pyrrole nitrogens is 1. The van der Waals surface area contributed by atoms with Crippen LogP contribution in [0.15, 0.2) is 63.0 Å². The highest BCUT2D eigenvalue weighted by molar-refractivity contribution is 7.89. The molecule has 30 heavy (non-hydrogen) atoms. The summed E-state index contributed by atoms with van der Waals surface area (Å²) in [6.07, 6.45) is 0. The molecule has 0 amide bonds. The van der Waals surface area contributed by atoms with Crippen LogP contribution in [0.3, 0.4) is 0 Å². The lowest BCUT2D eigenvalue weighted by atomic mass is 10.1. The van der Waals surface area contributed by atoms with Gasteiger partial charge < -0.3 is 10.7 Å². The van der Waals surface area contributed by atoms with E-state index in [4.69, 9.17) is 10.9 Å². The average Bonchev–Trinajstić information content (AvgIpc) is 2.68. The van der Waals surface area contributed by atoms with Gasteiger partial charge in [0.15, 0.2) is 0 Å². The van der Waals surface area contributed by atoms with E-state index in [0.29, 0.717) is 5.69 Å². The van der Waals surface area contributed by atoms with Crippen molar-refractivity contribution in [2.45, 2.75) is 4.90 Å². The lowest BCUT2D eigenvalue weighted by Crippen LogP contribution is -2.35. The minimum atomic E-state index is -4.32. The normalized spacial score (nSPS) is 11.8. The Morgan fingerprint density at radius 1 is 1.07 bits per heavy atom. The summed E-state index contributed by atoms with van der Waals surface area (Å²) < 4.78 is 25.0. The van der Waals surface area contributed by atoms with Gasteiger partial charge in [-0.15, -0.1) is 0 Å². The van der Waals surface area contributed by atoms with E-state index in [2.05, 4.69) is 4.98 Å². The van der Waals surface area contributed by atoms with Gasteiger partial charge in [0.1, 0.15) is 0 Å². The van der Waals surface area contributed by atoms with E-state index >= 15 is 0 Å². The molecule has 0 atom stereocenters. The van der Waals surface area contributed by atoms with Gasteiger partial charge in [-0.2, -0.15) is 0 Å². The zero-order chi connectivity index (χ0) is 21.8. The first-order valence-electron chi connectivity index (χ1n) is 8.37. The lowest BCUT2D eigenvalue weighted by Gasteiger charge is -2.13. The Morgan fingerprint density at radius 3 is 2.33 bits per heavy atom. The molecule has 0 aliphatic rings. The van der Waals surface area contributed by atoms with Crippen LogP contribution < -0.4 is 22.0 Å². The molecular weight excluding hydrogens is 414 g/mol. The second kappa shape index (κ2) is 6.50. The number of aromatic amines is 1. The smallest absolute Gasteiger partial charge is 0.321 e. The van der Waals surface area contributed by atoms with Crippen molar-refractivity contribution in [3.8, 4) is 5.69 Å². The van der Waals surface area contributed by atoms with Crippen molar-refractivity contribution in [3.05, 3.63) is 79.4 Å². The van der Waals surface area contributed by atoms with Crippen LogP contribution in [-0.4, -0.2) is 22.9 Å². The molecule has 1 aromatic heterocycles. The number of nitrogens with two attached hydrogens (primary N) is 2. The maximum atomic E-state index is 12.6. The molecule has 4 aromatic rings. The molecule has 0 unspecified atom stereocenters. The summed E-state index contributed by atoms with van der Waals surface area (Å²) >= 11 is 0. The summed E-state index contributed by atoms with van der Waals surface area (Å²) in [5.41, 5.74) is 3.84. The maximum Gasteiger partial charge on any atom is 0.321 e. The Hall–Kier alpha value is -4.03. The van der Waals surface area contributed by atoms with Crippen LogP contribution in [0.2, 0.25) is 0 Å². The Morgan fingerprint density at radius 2 is 1.73 bits per heavy atom. The quantitative estimate of drug-likeness (QED) is 0.143. The van der Waals surface area contributed by atoms with Gasteiger partial charge in [0.05, 0.1) is 26.2 Å². The number of hydrogen-bond donors (Lipinski definition) is 3. The van der Waals surface area contributed by atoms with Crippen LogP contribution in [0.5, 0.6) is 0 Å². The van der Waals surface area contributed by atoms with Gasteiger partial charge in [-0.3, -0.25) is 24.3 Å². The first-order chi connectivity index (χ1) is 14.1. The van der Waals surface area contributed by atoms with Crippen LogP contribution in [0, 0.1) is 10.1 Å². The third-order valence-corrected chi connectivity index (χ3v) is 5.57. The van der Waals surface area contributed by atoms with Crippen molar-refractivity contribution in [1.82, 2.24) is 9.55 Å². The first kappa shape index (κ1) is 19.3. The number of nitro benzene ring substituents is 1. The molecule has 3 aromatic carbocycles. The summed E-state index contributed by atoms with van der Waals surface area (Å²) in [6.45, 7) is 0. The number of non-ortho nitro benzene ring substituents is 1. The Labute approximate surface area is 167 Å². The number of nitrogen functional groups attached to an aromatic ring is 1. The van der Waals surface area contributed by atoms with Crippen molar-refractivity contribution in [1.29, 1.82) is 0 Å². The number of nitrogens with one attached hydrogen (secondary N) is 1. The van der Waals surface area contributed by atoms with E-state index in [1.165, 1.54) is 36.4 Å². The van der Waals surface area contributed by atoms with Crippen LogP contribution in [0.4, 0.5) is 11.4 Å². The molecule has 0 spiro atoms. The summed E-state index contributed by atoms with van der Waals surface area (Å²) in [5.74, 6) is 0. The predicted octanol–water partition coefficient (Wildman–Crippen LogP) is 0.970. The van der Waals surface area contributed by atoms with E-state index in [-0.39, 0.29) is 27.5 Å². The van der Waals surface area contributed by atoms with E-state index in [0.717, 1.165) is 16.7 Å². The highest BCUT2D eigenvalue weighted by Gasteiger charge is 2.25. The van der Waals surface area contributed by atoms with E-state index < -0.39 is 36.6 Å². The topological polar surface area (TPSA) is 184 Å². The van der Waals surface area contributed by atoms with Crippen molar-refractivity contribution in [2.24, 2.45) is 5.14 Å². The molecular formula is C18H13N5O6S. The minimum Gasteiger partial charge on any atom is -0.399 e. The molecule has 0 bridgehead atoms. The van der Waals surface area contributed by atoms with Crippen molar-refractivity contribution in [3.63, 3.8) is 0 Å².